The van der Waals surface area contributed by atoms with Crippen LogP contribution in [0, 0.1) is 11.8 Å². The van der Waals surface area contributed by atoms with E-state index in [-0.39, 0.29) is 0 Å². The molecule has 1 aliphatic heterocycles. The molecule has 0 aromatic rings. The molecule has 1 heteroatoms. The van der Waals surface area contributed by atoms with Crippen LogP contribution in [0.2, 0.25) is 0 Å². The fraction of sp³-hybridized carbons (Fsp3) is 0.875. The van der Waals surface area contributed by atoms with E-state index in [0.717, 1.165) is 18.4 Å². The molecule has 2 atom stereocenters. The van der Waals surface area contributed by atoms with E-state index in [1.165, 1.54) is 12.1 Å². The van der Waals surface area contributed by atoms with Gasteiger partial charge in [-0.2, -0.15) is 0 Å². The van der Waals surface area contributed by atoms with Crippen LogP contribution >= 0.6 is 0 Å². The van der Waals surface area contributed by atoms with Gasteiger partial charge in [0.05, 0.1) is 0 Å². The van der Waals surface area contributed by atoms with Crippen molar-refractivity contribution in [3.05, 3.63) is 0 Å². The minimum atomic E-state index is 0.721. The van der Waals surface area contributed by atoms with E-state index in [2.05, 4.69) is 25.8 Å². The van der Waals surface area contributed by atoms with Gasteiger partial charge in [0.15, 0.2) is 0 Å². The van der Waals surface area contributed by atoms with E-state index < -0.39 is 0 Å². The van der Waals surface area contributed by atoms with Crippen LogP contribution in [0.25, 0.3) is 0 Å². The van der Waals surface area contributed by atoms with E-state index >= 15 is 0 Å². The zero-order valence-electron chi connectivity index (χ0n) is 6.52. The normalized spacial score (nSPS) is 36.1. The van der Waals surface area contributed by atoms with Gasteiger partial charge in [0.2, 0.25) is 0 Å². The van der Waals surface area contributed by atoms with Crippen LogP contribution in [-0.4, -0.2) is 12.3 Å². The van der Waals surface area contributed by atoms with E-state index in [1.54, 1.807) is 0 Å². The number of hydrogen-bond donors (Lipinski definition) is 0. The highest BCUT2D eigenvalue weighted by atomic mass is 14.8. The summed E-state index contributed by atoms with van der Waals surface area (Å²) in [7, 11) is 0. The second-order valence-corrected chi connectivity index (χ2v) is 3.08. The molecule has 1 rings (SSSR count). The first-order valence-electron chi connectivity index (χ1n) is 3.72. The lowest BCUT2D eigenvalue weighted by molar-refractivity contribution is 0.434. The molecule has 0 spiro atoms. The lowest BCUT2D eigenvalue weighted by Crippen LogP contribution is -2.21. The molecule has 0 aromatic carbocycles. The van der Waals surface area contributed by atoms with E-state index in [1.807, 2.05) is 0 Å². The standard InChI is InChI=1S/C8H15N/c1-6-4-5-9-8(3)7(6)2/h6-7H,4-5H2,1-3H3. The maximum Gasteiger partial charge on any atom is 0.0391 e. The summed E-state index contributed by atoms with van der Waals surface area (Å²) in [4.78, 5) is 4.38. The summed E-state index contributed by atoms with van der Waals surface area (Å²) in [5.41, 5.74) is 1.34. The molecule has 1 nitrogen and oxygen atoms in total. The molecule has 0 saturated carbocycles. The van der Waals surface area contributed by atoms with Gasteiger partial charge in [-0.15, -0.1) is 0 Å². The van der Waals surface area contributed by atoms with Gasteiger partial charge in [0.25, 0.3) is 0 Å². The van der Waals surface area contributed by atoms with Crippen molar-refractivity contribution >= 4 is 5.71 Å². The first-order valence-corrected chi connectivity index (χ1v) is 3.72. The van der Waals surface area contributed by atoms with Crippen LogP contribution in [0.3, 0.4) is 0 Å². The van der Waals surface area contributed by atoms with Crippen molar-refractivity contribution in [2.24, 2.45) is 16.8 Å². The first kappa shape index (κ1) is 6.79. The summed E-state index contributed by atoms with van der Waals surface area (Å²) in [6.45, 7) is 7.77. The van der Waals surface area contributed by atoms with Crippen LogP contribution in [0.1, 0.15) is 27.2 Å². The van der Waals surface area contributed by atoms with Crippen LogP contribution in [0.4, 0.5) is 0 Å². The molecule has 0 saturated heterocycles. The summed E-state index contributed by atoms with van der Waals surface area (Å²) in [6.07, 6.45) is 1.28. The summed E-state index contributed by atoms with van der Waals surface area (Å²) in [5, 5.41) is 0. The van der Waals surface area contributed by atoms with Crippen molar-refractivity contribution in [2.75, 3.05) is 6.54 Å². The Kier molecular flexibility index (Phi) is 1.89. The summed E-state index contributed by atoms with van der Waals surface area (Å²) in [5.74, 6) is 1.57. The van der Waals surface area contributed by atoms with Crippen LogP contribution in [-0.2, 0) is 0 Å². The zero-order chi connectivity index (χ0) is 6.85. The third-order valence-electron chi connectivity index (χ3n) is 2.46. The number of nitrogens with zero attached hydrogens (tertiary/aromatic N) is 1. The third-order valence-corrected chi connectivity index (χ3v) is 2.46. The minimum Gasteiger partial charge on any atom is -0.294 e. The Morgan fingerprint density at radius 1 is 1.44 bits per heavy atom. The highest BCUT2D eigenvalue weighted by molar-refractivity contribution is 5.84. The largest absolute Gasteiger partial charge is 0.294 e. The molecule has 0 radical (unpaired) electrons. The Balaban J connectivity index is 2.62. The number of hydrogen-bond acceptors (Lipinski definition) is 1. The topological polar surface area (TPSA) is 12.4 Å². The second-order valence-electron chi connectivity index (χ2n) is 3.08. The van der Waals surface area contributed by atoms with E-state index in [4.69, 9.17) is 0 Å². The van der Waals surface area contributed by atoms with Crippen LogP contribution < -0.4 is 0 Å². The van der Waals surface area contributed by atoms with E-state index in [0.29, 0.717) is 0 Å². The quantitative estimate of drug-likeness (QED) is 0.470. The first-order chi connectivity index (χ1) is 4.22. The van der Waals surface area contributed by atoms with Gasteiger partial charge >= 0.3 is 0 Å². The molecule has 0 N–H and O–H groups in total. The van der Waals surface area contributed by atoms with Crippen molar-refractivity contribution in [2.45, 2.75) is 27.2 Å². The van der Waals surface area contributed by atoms with Crippen LogP contribution in [0.15, 0.2) is 4.99 Å². The zero-order valence-corrected chi connectivity index (χ0v) is 6.52. The monoisotopic (exact) mass is 125 g/mol. The lowest BCUT2D eigenvalue weighted by Gasteiger charge is -2.23. The summed E-state index contributed by atoms with van der Waals surface area (Å²) < 4.78 is 0. The summed E-state index contributed by atoms with van der Waals surface area (Å²) >= 11 is 0. The van der Waals surface area contributed by atoms with Gasteiger partial charge in [-0.25, -0.2) is 0 Å². The number of aliphatic imine (C=N–C) groups is 1. The van der Waals surface area contributed by atoms with Gasteiger partial charge < -0.3 is 0 Å². The second kappa shape index (κ2) is 2.51. The van der Waals surface area contributed by atoms with Crippen molar-refractivity contribution in [3.8, 4) is 0 Å². The molecule has 2 unspecified atom stereocenters. The molecule has 0 amide bonds. The maximum absolute atomic E-state index is 4.38. The van der Waals surface area contributed by atoms with Crippen molar-refractivity contribution < 1.29 is 0 Å². The molecule has 0 bridgehead atoms. The van der Waals surface area contributed by atoms with Gasteiger partial charge in [-0.05, 0) is 25.2 Å². The highest BCUT2D eigenvalue weighted by Crippen LogP contribution is 2.20. The van der Waals surface area contributed by atoms with Gasteiger partial charge in [-0.3, -0.25) is 4.99 Å². The molecule has 9 heavy (non-hydrogen) atoms. The predicted molar refractivity (Wildman–Crippen MR) is 40.9 cm³/mol. The minimum absolute atomic E-state index is 0.721. The lowest BCUT2D eigenvalue weighted by atomic mass is 9.87. The van der Waals surface area contributed by atoms with Gasteiger partial charge in [-0.1, -0.05) is 13.8 Å². The molecular weight excluding hydrogens is 110 g/mol. The average Bonchev–Trinajstić information content (AvgIpc) is 1.83. The van der Waals surface area contributed by atoms with E-state index in [9.17, 15) is 0 Å². The molecule has 0 fully saturated rings. The predicted octanol–water partition coefficient (Wildman–Crippen LogP) is 2.12. The molecule has 1 heterocycles. The van der Waals surface area contributed by atoms with Crippen LogP contribution in [0.5, 0.6) is 0 Å². The third kappa shape index (κ3) is 1.32. The van der Waals surface area contributed by atoms with Crippen molar-refractivity contribution in [1.82, 2.24) is 0 Å². The Labute approximate surface area is 57.2 Å². The molecule has 0 aromatic heterocycles. The SMILES string of the molecule is CC1=NCCC(C)C1C. The molecular formula is C8H15N. The van der Waals surface area contributed by atoms with Gasteiger partial charge in [0.1, 0.15) is 0 Å². The highest BCUT2D eigenvalue weighted by Gasteiger charge is 2.17. The number of rotatable bonds is 0. The molecule has 52 valence electrons. The molecule has 0 aliphatic carbocycles. The van der Waals surface area contributed by atoms with Crippen molar-refractivity contribution in [1.29, 1.82) is 0 Å². The Bertz CT molecular complexity index is 127. The Morgan fingerprint density at radius 3 is 2.56 bits per heavy atom. The smallest absolute Gasteiger partial charge is 0.0391 e. The fourth-order valence-corrected chi connectivity index (χ4v) is 1.25. The fourth-order valence-electron chi connectivity index (χ4n) is 1.25. The molecule has 1 aliphatic rings. The average molecular weight is 125 g/mol. The Morgan fingerprint density at radius 2 is 2.11 bits per heavy atom. The van der Waals surface area contributed by atoms with Crippen molar-refractivity contribution in [3.63, 3.8) is 0 Å². The Hall–Kier alpha value is -0.330. The maximum atomic E-state index is 4.38. The van der Waals surface area contributed by atoms with Gasteiger partial charge in [0, 0.05) is 12.3 Å². The summed E-state index contributed by atoms with van der Waals surface area (Å²) in [6, 6.07) is 0.